The number of nitrogens with zero attached hydrogens (tertiary/aromatic N) is 4. The van der Waals surface area contributed by atoms with Crippen molar-refractivity contribution in [2.75, 3.05) is 6.61 Å². The Morgan fingerprint density at radius 1 is 1.42 bits per heavy atom. The number of pyridine rings is 2. The number of carbonyl (C=O) groups is 1. The Labute approximate surface area is 155 Å². The zero-order chi connectivity index (χ0) is 18.1. The highest BCUT2D eigenvalue weighted by Crippen LogP contribution is 2.40. The Kier molecular flexibility index (Phi) is 4.42. The van der Waals surface area contributed by atoms with Gasteiger partial charge in [0.25, 0.3) is 0 Å². The van der Waals surface area contributed by atoms with E-state index >= 15 is 0 Å². The Morgan fingerprint density at radius 3 is 2.96 bits per heavy atom. The van der Waals surface area contributed by atoms with E-state index in [1.165, 1.54) is 5.54 Å². The summed E-state index contributed by atoms with van der Waals surface area (Å²) in [5, 5.41) is 5.26. The van der Waals surface area contributed by atoms with E-state index in [0.29, 0.717) is 34.0 Å². The summed E-state index contributed by atoms with van der Waals surface area (Å²) in [5.74, 6) is 0.647. The van der Waals surface area contributed by atoms with Gasteiger partial charge in [0.1, 0.15) is 6.61 Å². The fourth-order valence-corrected chi connectivity index (χ4v) is 3.01. The van der Waals surface area contributed by atoms with Crippen LogP contribution in [0.5, 0.6) is 0 Å². The van der Waals surface area contributed by atoms with Gasteiger partial charge in [-0.2, -0.15) is 9.78 Å². The average Bonchev–Trinajstić information content (AvgIpc) is 3.46. The zero-order valence-corrected chi connectivity index (χ0v) is 15.0. The van der Waals surface area contributed by atoms with Crippen molar-refractivity contribution < 1.29 is 9.53 Å². The highest BCUT2D eigenvalue weighted by molar-refractivity contribution is 6.25. The lowest BCUT2D eigenvalue weighted by atomic mass is 10.1. The SMILES string of the molecule is Cc1nn(-c2ccccn2)c2nc(C3CC3)cc(C(=O)OC/C=C/Cl)c12. The van der Waals surface area contributed by atoms with Crippen molar-refractivity contribution >= 4 is 28.6 Å². The Hall–Kier alpha value is -2.73. The van der Waals surface area contributed by atoms with Gasteiger partial charge >= 0.3 is 5.97 Å². The van der Waals surface area contributed by atoms with E-state index in [1.54, 1.807) is 17.0 Å². The van der Waals surface area contributed by atoms with Gasteiger partial charge < -0.3 is 4.74 Å². The fourth-order valence-electron chi connectivity index (χ4n) is 2.93. The molecule has 6 nitrogen and oxygen atoms in total. The molecule has 0 aromatic carbocycles. The van der Waals surface area contributed by atoms with E-state index in [1.807, 2.05) is 31.2 Å². The molecular weight excluding hydrogens is 352 g/mol. The molecule has 0 amide bonds. The Morgan fingerprint density at radius 2 is 2.27 bits per heavy atom. The molecule has 0 unspecified atom stereocenters. The smallest absolute Gasteiger partial charge is 0.339 e. The minimum atomic E-state index is -0.405. The first kappa shape index (κ1) is 16.7. The molecular formula is C19H17ClN4O2. The number of aryl methyl sites for hydroxylation is 1. The Bertz CT molecular complexity index is 994. The third-order valence-electron chi connectivity index (χ3n) is 4.31. The standard InChI is InChI=1S/C19H17ClN4O2/c1-12-17-14(19(25)26-10-4-8-20)11-15(13-6-7-13)22-18(17)24(23-12)16-5-2-3-9-21-16/h2-5,8-9,11,13H,6-7,10H2,1H3/b8-4+. The molecule has 0 saturated heterocycles. The van der Waals surface area contributed by atoms with Crippen LogP contribution in [0, 0.1) is 6.92 Å². The van der Waals surface area contributed by atoms with Crippen LogP contribution in [0.2, 0.25) is 0 Å². The summed E-state index contributed by atoms with van der Waals surface area (Å²) in [4.78, 5) is 21.8. The molecule has 1 aliphatic rings. The number of fused-ring (bicyclic) bond motifs is 1. The summed E-state index contributed by atoms with van der Waals surface area (Å²) in [6.45, 7) is 1.98. The van der Waals surface area contributed by atoms with Crippen molar-refractivity contribution in [1.29, 1.82) is 0 Å². The number of hydrogen-bond donors (Lipinski definition) is 0. The van der Waals surface area contributed by atoms with Crippen molar-refractivity contribution in [2.45, 2.75) is 25.7 Å². The van der Waals surface area contributed by atoms with Crippen LogP contribution in [-0.4, -0.2) is 32.3 Å². The van der Waals surface area contributed by atoms with Crippen molar-refractivity contribution in [1.82, 2.24) is 19.7 Å². The van der Waals surface area contributed by atoms with E-state index in [0.717, 1.165) is 18.5 Å². The van der Waals surface area contributed by atoms with Crippen LogP contribution in [-0.2, 0) is 4.74 Å². The van der Waals surface area contributed by atoms with E-state index < -0.39 is 5.97 Å². The molecule has 1 aliphatic carbocycles. The lowest BCUT2D eigenvalue weighted by Crippen LogP contribution is -2.08. The highest BCUT2D eigenvalue weighted by Gasteiger charge is 2.29. The van der Waals surface area contributed by atoms with Crippen LogP contribution in [0.4, 0.5) is 0 Å². The van der Waals surface area contributed by atoms with Gasteiger partial charge in [0.05, 0.1) is 16.6 Å². The summed E-state index contributed by atoms with van der Waals surface area (Å²) >= 11 is 5.50. The molecule has 7 heteroatoms. The van der Waals surface area contributed by atoms with E-state index in [4.69, 9.17) is 21.3 Å². The monoisotopic (exact) mass is 368 g/mol. The number of ether oxygens (including phenoxy) is 1. The zero-order valence-electron chi connectivity index (χ0n) is 14.2. The van der Waals surface area contributed by atoms with Crippen molar-refractivity contribution in [3.63, 3.8) is 0 Å². The number of halogens is 1. The molecule has 0 spiro atoms. The van der Waals surface area contributed by atoms with Crippen LogP contribution < -0.4 is 0 Å². The molecule has 3 heterocycles. The van der Waals surface area contributed by atoms with Crippen LogP contribution in [0.15, 0.2) is 42.1 Å². The number of hydrogen-bond acceptors (Lipinski definition) is 5. The molecule has 0 bridgehead atoms. The summed E-state index contributed by atoms with van der Waals surface area (Å²) in [7, 11) is 0. The average molecular weight is 369 g/mol. The molecule has 0 N–H and O–H groups in total. The van der Waals surface area contributed by atoms with Gasteiger partial charge in [0.15, 0.2) is 11.5 Å². The van der Waals surface area contributed by atoms with Gasteiger partial charge in [-0.05, 0) is 44.0 Å². The molecule has 4 rings (SSSR count). The van der Waals surface area contributed by atoms with Crippen LogP contribution in [0.3, 0.4) is 0 Å². The molecule has 1 saturated carbocycles. The first-order chi connectivity index (χ1) is 12.7. The number of carbonyl (C=O) groups excluding carboxylic acids is 1. The second-order valence-electron chi connectivity index (χ2n) is 6.21. The van der Waals surface area contributed by atoms with E-state index in [-0.39, 0.29) is 6.61 Å². The first-order valence-corrected chi connectivity index (χ1v) is 8.86. The predicted octanol–water partition coefficient (Wildman–Crippen LogP) is 3.91. The molecule has 0 radical (unpaired) electrons. The van der Waals surface area contributed by atoms with E-state index in [9.17, 15) is 4.79 Å². The lowest BCUT2D eigenvalue weighted by Gasteiger charge is -2.08. The second kappa shape index (κ2) is 6.88. The maximum Gasteiger partial charge on any atom is 0.339 e. The van der Waals surface area contributed by atoms with Crippen molar-refractivity contribution in [2.24, 2.45) is 0 Å². The van der Waals surface area contributed by atoms with Crippen molar-refractivity contribution in [3.05, 3.63) is 59.0 Å². The summed E-state index contributed by atoms with van der Waals surface area (Å²) in [5.41, 5.74) is 4.05. The molecule has 0 atom stereocenters. The summed E-state index contributed by atoms with van der Waals surface area (Å²) < 4.78 is 7.00. The van der Waals surface area contributed by atoms with Crippen molar-refractivity contribution in [3.8, 4) is 5.82 Å². The minimum Gasteiger partial charge on any atom is -0.458 e. The van der Waals surface area contributed by atoms with Gasteiger partial charge in [-0.25, -0.2) is 14.8 Å². The van der Waals surface area contributed by atoms with Gasteiger partial charge in [-0.1, -0.05) is 17.7 Å². The topological polar surface area (TPSA) is 69.9 Å². The highest BCUT2D eigenvalue weighted by atomic mass is 35.5. The van der Waals surface area contributed by atoms with Gasteiger partial charge in [-0.15, -0.1) is 0 Å². The molecule has 1 fully saturated rings. The molecule has 132 valence electrons. The fraction of sp³-hybridized carbons (Fsp3) is 0.263. The molecule has 0 aliphatic heterocycles. The lowest BCUT2D eigenvalue weighted by molar-refractivity contribution is 0.0551. The van der Waals surface area contributed by atoms with Gasteiger partial charge in [0, 0.05) is 23.3 Å². The Balaban J connectivity index is 1.88. The summed E-state index contributed by atoms with van der Waals surface area (Å²) in [6.07, 6.45) is 5.44. The quantitative estimate of drug-likeness (QED) is 0.638. The number of rotatable bonds is 5. The van der Waals surface area contributed by atoms with Crippen LogP contribution in [0.25, 0.3) is 16.9 Å². The molecule has 3 aromatic heterocycles. The largest absolute Gasteiger partial charge is 0.458 e. The first-order valence-electron chi connectivity index (χ1n) is 8.43. The van der Waals surface area contributed by atoms with Gasteiger partial charge in [-0.3, -0.25) is 0 Å². The maximum absolute atomic E-state index is 12.6. The third kappa shape index (κ3) is 3.08. The maximum atomic E-state index is 12.6. The molecule has 3 aromatic rings. The van der Waals surface area contributed by atoms with Crippen LogP contribution >= 0.6 is 11.6 Å². The van der Waals surface area contributed by atoms with E-state index in [2.05, 4.69) is 10.1 Å². The van der Waals surface area contributed by atoms with Crippen LogP contribution in [0.1, 0.15) is 40.5 Å². The second-order valence-corrected chi connectivity index (χ2v) is 6.46. The third-order valence-corrected chi connectivity index (χ3v) is 4.49. The normalized spacial score (nSPS) is 14.2. The minimum absolute atomic E-state index is 0.123. The summed E-state index contributed by atoms with van der Waals surface area (Å²) in [6, 6.07) is 7.44. The number of aromatic nitrogens is 4. The number of esters is 1. The predicted molar refractivity (Wildman–Crippen MR) is 98.6 cm³/mol. The van der Waals surface area contributed by atoms with Gasteiger partial charge in [0.2, 0.25) is 0 Å². The molecule has 26 heavy (non-hydrogen) atoms.